The standard InChI is InChI=1S/C24H27NO7/c1-13(9-14-5-3-4-6-18(14)27)7-8-19-20-15(11-26)10-16-21(17(20)12-32-19)23(29)25(22(16)28)24(30)31-2/h3-6,9,16-17,19,21,26-27H,7-8,10-12H2,1-2H3/b13-9+/t16-,17+,19-,21-/m1/s1. The van der Waals surface area contributed by atoms with Gasteiger partial charge >= 0.3 is 6.09 Å². The van der Waals surface area contributed by atoms with Gasteiger partial charge in [-0.3, -0.25) is 9.59 Å². The monoisotopic (exact) mass is 441 g/mol. The van der Waals surface area contributed by atoms with Crippen molar-refractivity contribution in [1.29, 1.82) is 0 Å². The summed E-state index contributed by atoms with van der Waals surface area (Å²) in [4.78, 5) is 38.2. The fraction of sp³-hybridized carbons (Fsp3) is 0.458. The first-order chi connectivity index (χ1) is 15.4. The lowest BCUT2D eigenvalue weighted by Gasteiger charge is -2.31. The third-order valence-corrected chi connectivity index (χ3v) is 6.70. The number of carbonyl (C=O) groups excluding carboxylic acids is 3. The number of nitrogens with zero attached hydrogens (tertiary/aromatic N) is 1. The number of rotatable bonds is 5. The Hall–Kier alpha value is -2.97. The second-order valence-corrected chi connectivity index (χ2v) is 8.55. The number of likely N-dealkylation sites (tertiary alicyclic amines) is 1. The van der Waals surface area contributed by atoms with Gasteiger partial charge in [0, 0.05) is 11.5 Å². The molecule has 3 aliphatic rings. The van der Waals surface area contributed by atoms with E-state index in [9.17, 15) is 24.6 Å². The molecule has 3 amide bonds. The number of hydrogen-bond donors (Lipinski definition) is 2. The number of aliphatic hydroxyl groups excluding tert-OH is 1. The molecule has 170 valence electrons. The van der Waals surface area contributed by atoms with Crippen LogP contribution in [0.4, 0.5) is 4.79 Å². The summed E-state index contributed by atoms with van der Waals surface area (Å²) < 4.78 is 10.6. The van der Waals surface area contributed by atoms with Crippen molar-refractivity contribution in [3.63, 3.8) is 0 Å². The van der Waals surface area contributed by atoms with Gasteiger partial charge in [-0.05, 0) is 43.4 Å². The van der Waals surface area contributed by atoms with Crippen LogP contribution in [0.5, 0.6) is 5.75 Å². The molecule has 2 saturated heterocycles. The number of carbonyl (C=O) groups is 3. The van der Waals surface area contributed by atoms with Gasteiger partial charge < -0.3 is 19.7 Å². The summed E-state index contributed by atoms with van der Waals surface area (Å²) in [5, 5.41) is 20.0. The van der Waals surface area contributed by atoms with E-state index in [0.717, 1.165) is 23.8 Å². The summed E-state index contributed by atoms with van der Waals surface area (Å²) in [6, 6.07) is 7.10. The van der Waals surface area contributed by atoms with Crippen LogP contribution in [0.3, 0.4) is 0 Å². The Morgan fingerprint density at radius 2 is 2.00 bits per heavy atom. The minimum atomic E-state index is -0.970. The maximum absolute atomic E-state index is 12.9. The van der Waals surface area contributed by atoms with Gasteiger partial charge in [0.15, 0.2) is 0 Å². The molecular formula is C24H27NO7. The Balaban J connectivity index is 1.53. The molecule has 2 heterocycles. The lowest BCUT2D eigenvalue weighted by atomic mass is 9.69. The van der Waals surface area contributed by atoms with Gasteiger partial charge in [-0.15, -0.1) is 0 Å². The Kier molecular flexibility index (Phi) is 6.17. The molecule has 4 atom stereocenters. The molecule has 0 aromatic heterocycles. The van der Waals surface area contributed by atoms with Gasteiger partial charge in [0.25, 0.3) is 0 Å². The van der Waals surface area contributed by atoms with Crippen molar-refractivity contribution in [1.82, 2.24) is 4.90 Å². The molecule has 8 nitrogen and oxygen atoms in total. The minimum absolute atomic E-state index is 0.215. The van der Waals surface area contributed by atoms with Crippen molar-refractivity contribution in [2.45, 2.75) is 32.3 Å². The molecule has 1 aromatic carbocycles. The van der Waals surface area contributed by atoms with Crippen molar-refractivity contribution in [3.05, 3.63) is 46.5 Å². The van der Waals surface area contributed by atoms with Crippen molar-refractivity contribution in [2.24, 2.45) is 17.8 Å². The van der Waals surface area contributed by atoms with E-state index < -0.39 is 29.7 Å². The molecule has 0 bridgehead atoms. The third-order valence-electron chi connectivity index (χ3n) is 6.70. The highest BCUT2D eigenvalue weighted by Gasteiger charge is 2.58. The molecule has 2 aliphatic heterocycles. The highest BCUT2D eigenvalue weighted by molar-refractivity contribution is 6.16. The van der Waals surface area contributed by atoms with Crippen LogP contribution in [0.2, 0.25) is 0 Å². The lowest BCUT2D eigenvalue weighted by molar-refractivity contribution is -0.137. The quantitative estimate of drug-likeness (QED) is 0.533. The first-order valence-corrected chi connectivity index (χ1v) is 10.7. The van der Waals surface area contributed by atoms with E-state index in [0.29, 0.717) is 23.3 Å². The molecule has 8 heteroatoms. The van der Waals surface area contributed by atoms with Gasteiger partial charge in [0.2, 0.25) is 11.8 Å². The van der Waals surface area contributed by atoms with Gasteiger partial charge in [-0.25, -0.2) is 4.79 Å². The SMILES string of the molecule is COC(=O)N1C(=O)[C@@H]2[C@@H](CC(CO)=C3[C@@H](CC/C(C)=C/c4ccccc4O)OC[C@@H]32)C1=O. The van der Waals surface area contributed by atoms with Crippen LogP contribution in [-0.4, -0.2) is 59.4 Å². The van der Waals surface area contributed by atoms with E-state index in [-0.39, 0.29) is 37.4 Å². The predicted molar refractivity (Wildman–Crippen MR) is 114 cm³/mol. The number of benzene rings is 1. The van der Waals surface area contributed by atoms with E-state index in [1.54, 1.807) is 12.1 Å². The molecule has 0 saturated carbocycles. The minimum Gasteiger partial charge on any atom is -0.507 e. The zero-order valence-corrected chi connectivity index (χ0v) is 18.1. The topological polar surface area (TPSA) is 113 Å². The molecule has 2 N–H and O–H groups in total. The number of hydrogen-bond acceptors (Lipinski definition) is 7. The highest BCUT2D eigenvalue weighted by Crippen LogP contribution is 2.49. The number of ether oxygens (including phenoxy) is 2. The second kappa shape index (κ2) is 8.88. The molecule has 4 rings (SSSR count). The number of amides is 3. The maximum Gasteiger partial charge on any atom is 0.423 e. The van der Waals surface area contributed by atoms with Crippen LogP contribution in [0.1, 0.15) is 31.7 Å². The Labute approximate surface area is 186 Å². The van der Waals surface area contributed by atoms with E-state index in [2.05, 4.69) is 4.74 Å². The van der Waals surface area contributed by atoms with Crippen LogP contribution < -0.4 is 0 Å². The van der Waals surface area contributed by atoms with Gasteiger partial charge in [0.05, 0.1) is 38.3 Å². The normalized spacial score (nSPS) is 27.6. The molecule has 0 unspecified atom stereocenters. The van der Waals surface area contributed by atoms with Crippen molar-refractivity contribution in [2.75, 3.05) is 20.3 Å². The number of aliphatic hydroxyl groups is 1. The van der Waals surface area contributed by atoms with Crippen LogP contribution >= 0.6 is 0 Å². The maximum atomic E-state index is 12.9. The van der Waals surface area contributed by atoms with E-state index in [4.69, 9.17) is 4.74 Å². The fourth-order valence-corrected chi connectivity index (χ4v) is 5.20. The van der Waals surface area contributed by atoms with E-state index >= 15 is 0 Å². The Morgan fingerprint density at radius 1 is 1.25 bits per heavy atom. The average molecular weight is 441 g/mol. The van der Waals surface area contributed by atoms with E-state index in [1.165, 1.54) is 0 Å². The van der Waals surface area contributed by atoms with E-state index in [1.807, 2.05) is 25.1 Å². The van der Waals surface area contributed by atoms with Gasteiger partial charge in [-0.1, -0.05) is 29.8 Å². The number of phenolic OH excluding ortho intramolecular Hbond substituents is 1. The van der Waals surface area contributed by atoms with Crippen LogP contribution in [0, 0.1) is 17.8 Å². The van der Waals surface area contributed by atoms with Crippen molar-refractivity contribution >= 4 is 24.0 Å². The lowest BCUT2D eigenvalue weighted by Crippen LogP contribution is -2.38. The van der Waals surface area contributed by atoms with Crippen molar-refractivity contribution in [3.8, 4) is 5.75 Å². The first-order valence-electron chi connectivity index (χ1n) is 10.7. The fourth-order valence-electron chi connectivity index (χ4n) is 5.20. The van der Waals surface area contributed by atoms with Gasteiger partial charge in [0.1, 0.15) is 5.75 Å². The molecular weight excluding hydrogens is 414 g/mol. The van der Waals surface area contributed by atoms with Crippen LogP contribution in [0.15, 0.2) is 41.0 Å². The predicted octanol–water partition coefficient (Wildman–Crippen LogP) is 2.65. The highest BCUT2D eigenvalue weighted by atomic mass is 16.5. The summed E-state index contributed by atoms with van der Waals surface area (Å²) in [5.74, 6) is -2.59. The molecule has 0 spiro atoms. The molecule has 1 aliphatic carbocycles. The largest absolute Gasteiger partial charge is 0.507 e. The zero-order chi connectivity index (χ0) is 23.0. The Morgan fingerprint density at radius 3 is 2.69 bits per heavy atom. The summed E-state index contributed by atoms with van der Waals surface area (Å²) in [7, 11) is 1.13. The number of methoxy groups -OCH3 is 1. The second-order valence-electron chi connectivity index (χ2n) is 8.55. The first kappa shape index (κ1) is 22.2. The zero-order valence-electron chi connectivity index (χ0n) is 18.1. The summed E-state index contributed by atoms with van der Waals surface area (Å²) >= 11 is 0. The number of aromatic hydroxyl groups is 1. The number of phenols is 1. The molecule has 32 heavy (non-hydrogen) atoms. The molecule has 0 radical (unpaired) electrons. The average Bonchev–Trinajstić information content (AvgIpc) is 3.31. The number of imide groups is 3. The molecule has 1 aromatic rings. The number of fused-ring (bicyclic) bond motifs is 3. The van der Waals surface area contributed by atoms with Gasteiger partial charge in [-0.2, -0.15) is 4.90 Å². The van der Waals surface area contributed by atoms with Crippen LogP contribution in [-0.2, 0) is 19.1 Å². The third kappa shape index (κ3) is 3.73. The summed E-state index contributed by atoms with van der Waals surface area (Å²) in [6.45, 7) is 2.02. The number of para-hydroxylation sites is 1. The smallest absolute Gasteiger partial charge is 0.423 e. The van der Waals surface area contributed by atoms with Crippen LogP contribution in [0.25, 0.3) is 6.08 Å². The molecule has 2 fully saturated rings. The Bertz CT molecular complexity index is 1010. The number of allylic oxidation sites excluding steroid dienone is 1. The van der Waals surface area contributed by atoms with Crippen molar-refractivity contribution < 1.29 is 34.1 Å². The summed E-state index contributed by atoms with van der Waals surface area (Å²) in [6.07, 6.45) is 2.26. The summed E-state index contributed by atoms with van der Waals surface area (Å²) in [5.41, 5.74) is 3.40.